The summed E-state index contributed by atoms with van der Waals surface area (Å²) in [6, 6.07) is 0. The maximum Gasteiger partial charge on any atom is 0.241 e. The van der Waals surface area contributed by atoms with Crippen molar-refractivity contribution >= 4 is 0 Å². The quantitative estimate of drug-likeness (QED) is 0.564. The molecule has 1 rings (SSSR count). The highest BCUT2D eigenvalue weighted by Gasteiger charge is 2.56. The molecular formula is C8H14F2. The van der Waals surface area contributed by atoms with E-state index in [0.717, 1.165) is 0 Å². The topological polar surface area (TPSA) is 0 Å². The fraction of sp³-hybridized carbons (Fsp3) is 1.00. The largest absolute Gasteiger partial charge is 0.241 e. The third-order valence-electron chi connectivity index (χ3n) is 2.97. The van der Waals surface area contributed by atoms with Crippen molar-refractivity contribution < 1.29 is 8.78 Å². The molecule has 1 aliphatic carbocycles. The molecule has 1 aliphatic rings. The minimum absolute atomic E-state index is 0.0613. The van der Waals surface area contributed by atoms with Gasteiger partial charge in [0.1, 0.15) is 0 Å². The average Bonchev–Trinajstić information content (AvgIpc) is 2.43. The van der Waals surface area contributed by atoms with Crippen molar-refractivity contribution in [2.75, 3.05) is 0 Å². The number of halogens is 2. The summed E-state index contributed by atoms with van der Waals surface area (Å²) in [5.41, 5.74) is -0.0613. The van der Waals surface area contributed by atoms with Crippen LogP contribution in [0.1, 0.15) is 27.2 Å². The lowest BCUT2D eigenvalue weighted by molar-refractivity contribution is 0.0969. The van der Waals surface area contributed by atoms with E-state index in [4.69, 9.17) is 0 Å². The van der Waals surface area contributed by atoms with Gasteiger partial charge < -0.3 is 0 Å². The van der Waals surface area contributed by atoms with Crippen molar-refractivity contribution in [1.82, 2.24) is 0 Å². The summed E-state index contributed by atoms with van der Waals surface area (Å²) < 4.78 is 24.2. The van der Waals surface area contributed by atoms with Crippen LogP contribution in [-0.4, -0.2) is 6.43 Å². The van der Waals surface area contributed by atoms with Crippen molar-refractivity contribution in [3.05, 3.63) is 0 Å². The Morgan fingerprint density at radius 1 is 1.40 bits per heavy atom. The lowest BCUT2D eigenvalue weighted by atomic mass is 9.92. The second-order valence-electron chi connectivity index (χ2n) is 3.81. The first-order valence-electron chi connectivity index (χ1n) is 3.76. The highest BCUT2D eigenvalue weighted by molar-refractivity contribution is 5.01. The van der Waals surface area contributed by atoms with E-state index in [0.29, 0.717) is 12.3 Å². The van der Waals surface area contributed by atoms with Gasteiger partial charge in [0.2, 0.25) is 6.43 Å². The highest BCUT2D eigenvalue weighted by Crippen LogP contribution is 2.59. The molecule has 2 atom stereocenters. The Morgan fingerprint density at radius 3 is 2.00 bits per heavy atom. The lowest BCUT2D eigenvalue weighted by Gasteiger charge is -2.14. The predicted octanol–water partition coefficient (Wildman–Crippen LogP) is 2.93. The van der Waals surface area contributed by atoms with Crippen LogP contribution in [0.3, 0.4) is 0 Å². The Bertz CT molecular complexity index is 131. The first kappa shape index (κ1) is 7.96. The van der Waals surface area contributed by atoms with Crippen molar-refractivity contribution in [3.63, 3.8) is 0 Å². The molecule has 0 amide bonds. The van der Waals surface area contributed by atoms with Crippen molar-refractivity contribution in [2.24, 2.45) is 17.3 Å². The normalized spacial score (nSPS) is 39.3. The molecule has 0 aliphatic heterocycles. The molecule has 1 fully saturated rings. The van der Waals surface area contributed by atoms with Gasteiger partial charge in [-0.05, 0) is 17.8 Å². The summed E-state index contributed by atoms with van der Waals surface area (Å²) in [5, 5.41) is 0. The maximum atomic E-state index is 12.1. The summed E-state index contributed by atoms with van der Waals surface area (Å²) in [6.07, 6.45) is -1.39. The predicted molar refractivity (Wildman–Crippen MR) is 37.1 cm³/mol. The van der Waals surface area contributed by atoms with E-state index < -0.39 is 6.43 Å². The third-order valence-corrected chi connectivity index (χ3v) is 2.97. The molecule has 0 nitrogen and oxygen atoms in total. The zero-order valence-electron chi connectivity index (χ0n) is 6.70. The second-order valence-corrected chi connectivity index (χ2v) is 3.81. The molecule has 0 radical (unpaired) electrons. The average molecular weight is 148 g/mol. The minimum Gasteiger partial charge on any atom is -0.210 e. The fourth-order valence-corrected chi connectivity index (χ4v) is 1.46. The lowest BCUT2D eigenvalue weighted by Crippen LogP contribution is -2.11. The van der Waals surface area contributed by atoms with Crippen LogP contribution >= 0.6 is 0 Å². The molecule has 0 heterocycles. The van der Waals surface area contributed by atoms with E-state index >= 15 is 0 Å². The molecule has 0 spiro atoms. The van der Waals surface area contributed by atoms with Crippen LogP contribution < -0.4 is 0 Å². The van der Waals surface area contributed by atoms with Crippen LogP contribution in [0.5, 0.6) is 0 Å². The van der Waals surface area contributed by atoms with Gasteiger partial charge in [0.05, 0.1) is 0 Å². The van der Waals surface area contributed by atoms with Crippen molar-refractivity contribution in [3.8, 4) is 0 Å². The third kappa shape index (κ3) is 1.04. The standard InChI is InChI=1S/C8H14F2/c1-5(2)8(3)4-6(8)7(9)10/h5-7H,4H2,1-3H3. The van der Waals surface area contributed by atoms with Gasteiger partial charge >= 0.3 is 0 Å². The van der Waals surface area contributed by atoms with Gasteiger partial charge in [0, 0.05) is 5.92 Å². The molecule has 2 heteroatoms. The van der Waals surface area contributed by atoms with Crippen molar-refractivity contribution in [1.29, 1.82) is 0 Å². The maximum absolute atomic E-state index is 12.1. The Morgan fingerprint density at radius 2 is 1.90 bits per heavy atom. The second kappa shape index (κ2) is 2.18. The van der Waals surface area contributed by atoms with E-state index in [1.807, 2.05) is 20.8 Å². The van der Waals surface area contributed by atoms with Gasteiger partial charge in [-0.15, -0.1) is 0 Å². The molecule has 0 bridgehead atoms. The molecule has 0 N–H and O–H groups in total. The molecule has 0 aromatic heterocycles. The Balaban J connectivity index is 2.48. The van der Waals surface area contributed by atoms with E-state index in [1.165, 1.54) is 0 Å². The molecule has 0 saturated heterocycles. The van der Waals surface area contributed by atoms with Gasteiger partial charge in [-0.25, -0.2) is 8.78 Å². The van der Waals surface area contributed by atoms with E-state index in [2.05, 4.69) is 0 Å². The van der Waals surface area contributed by atoms with Gasteiger partial charge in [-0.1, -0.05) is 20.8 Å². The smallest absolute Gasteiger partial charge is 0.210 e. The summed E-state index contributed by atoms with van der Waals surface area (Å²) in [7, 11) is 0. The summed E-state index contributed by atoms with van der Waals surface area (Å²) in [5.74, 6) is 0.0685. The van der Waals surface area contributed by atoms with E-state index in [9.17, 15) is 8.78 Å². The van der Waals surface area contributed by atoms with Crippen LogP contribution in [0.15, 0.2) is 0 Å². The van der Waals surface area contributed by atoms with E-state index in [1.54, 1.807) is 0 Å². The number of alkyl halides is 2. The number of hydrogen-bond acceptors (Lipinski definition) is 0. The van der Waals surface area contributed by atoms with E-state index in [-0.39, 0.29) is 11.3 Å². The monoisotopic (exact) mass is 148 g/mol. The summed E-state index contributed by atoms with van der Waals surface area (Å²) >= 11 is 0. The summed E-state index contributed by atoms with van der Waals surface area (Å²) in [4.78, 5) is 0. The van der Waals surface area contributed by atoms with Crippen molar-refractivity contribution in [2.45, 2.75) is 33.6 Å². The number of rotatable bonds is 2. The van der Waals surface area contributed by atoms with Crippen LogP contribution in [0.4, 0.5) is 8.78 Å². The zero-order valence-corrected chi connectivity index (χ0v) is 6.70. The SMILES string of the molecule is CC(C)C1(C)CC1C(F)F. The van der Waals surface area contributed by atoms with Crippen LogP contribution in [0.25, 0.3) is 0 Å². The van der Waals surface area contributed by atoms with Gasteiger partial charge in [0.15, 0.2) is 0 Å². The Kier molecular flexibility index (Phi) is 1.73. The first-order valence-corrected chi connectivity index (χ1v) is 3.76. The number of hydrogen-bond donors (Lipinski definition) is 0. The van der Waals surface area contributed by atoms with Crippen LogP contribution in [0.2, 0.25) is 0 Å². The zero-order chi connectivity index (χ0) is 7.94. The van der Waals surface area contributed by atoms with Gasteiger partial charge in [-0.3, -0.25) is 0 Å². The molecule has 0 aromatic carbocycles. The van der Waals surface area contributed by atoms with Crippen LogP contribution in [-0.2, 0) is 0 Å². The fourth-order valence-electron chi connectivity index (χ4n) is 1.46. The van der Waals surface area contributed by atoms with Gasteiger partial charge in [0.25, 0.3) is 0 Å². The first-order chi connectivity index (χ1) is 4.48. The van der Waals surface area contributed by atoms with Crippen LogP contribution in [0, 0.1) is 17.3 Å². The molecular weight excluding hydrogens is 134 g/mol. The van der Waals surface area contributed by atoms with Gasteiger partial charge in [-0.2, -0.15) is 0 Å². The molecule has 60 valence electrons. The Hall–Kier alpha value is -0.140. The molecule has 2 unspecified atom stereocenters. The molecule has 0 aromatic rings. The highest BCUT2D eigenvalue weighted by atomic mass is 19.3. The Labute approximate surface area is 60.6 Å². The minimum atomic E-state index is -2.10. The molecule has 1 saturated carbocycles. The molecule has 10 heavy (non-hydrogen) atoms. The summed E-state index contributed by atoms with van der Waals surface area (Å²) in [6.45, 7) is 5.99.